The number of fused-ring (bicyclic) bond motifs is 7. The van der Waals surface area contributed by atoms with Crippen molar-refractivity contribution < 1.29 is 25.8 Å². The van der Waals surface area contributed by atoms with E-state index >= 15 is 0 Å². The minimum Gasteiger partial charge on any atom is 2.00 e. The van der Waals surface area contributed by atoms with Crippen LogP contribution >= 0.6 is 0 Å². The maximum Gasteiger partial charge on any atom is 2.00 e. The molecule has 0 amide bonds. The van der Waals surface area contributed by atoms with Gasteiger partial charge in [0.25, 0.3) is 0 Å². The molecule has 0 aliphatic heterocycles. The summed E-state index contributed by atoms with van der Waals surface area (Å²) >= 11 is 0.0666. The first kappa shape index (κ1) is 32.1. The van der Waals surface area contributed by atoms with Gasteiger partial charge in [-0.2, -0.15) is 0 Å². The molecule has 252 valence electrons. The van der Waals surface area contributed by atoms with Crippen molar-refractivity contribution in [3.8, 4) is 60.8 Å². The second kappa shape index (κ2) is 12.5. The molecule has 0 fully saturated rings. The van der Waals surface area contributed by atoms with Gasteiger partial charge in [-0.05, 0) is 6.07 Å². The first-order valence-electron chi connectivity index (χ1n) is 17.3. The molecular formula is C47H27N3OPtSe. The van der Waals surface area contributed by atoms with Gasteiger partial charge >= 0.3 is 298 Å². The monoisotopic (exact) mass is 924 g/mol. The maximum absolute atomic E-state index is 6.48. The number of benzene rings is 6. The Kier molecular flexibility index (Phi) is 7.59. The van der Waals surface area contributed by atoms with Gasteiger partial charge in [-0.15, -0.1) is 0 Å². The molecule has 4 heterocycles. The normalized spacial score (nSPS) is 11.7. The van der Waals surface area contributed by atoms with E-state index in [1.165, 1.54) is 58.2 Å². The standard InChI is InChI=1S/C47H27N3OSe.Pt/c1-28-34-22-24-49-45(47(34)52-46(28)31-18-20-35-38-14-7-9-29-10-8-15-39(44(29)38)40(35)26-31)30-11-6-12-32(25-30)51-33-19-21-37-36-13-2-3-16-41(36)50(42(37)27-33)43-17-4-5-23-48-43;/h2-24,26H,1H3;/q-2;+2. The summed E-state index contributed by atoms with van der Waals surface area (Å²) in [4.78, 5) is 9.59. The second-order valence-electron chi connectivity index (χ2n) is 13.2. The fraction of sp³-hybridized carbons (Fsp3) is 0.0213. The van der Waals surface area contributed by atoms with E-state index in [1.54, 1.807) is 0 Å². The Morgan fingerprint density at radius 3 is 2.30 bits per heavy atom. The van der Waals surface area contributed by atoms with Crippen LogP contribution in [-0.2, 0) is 21.1 Å². The van der Waals surface area contributed by atoms with Gasteiger partial charge in [0.15, 0.2) is 0 Å². The van der Waals surface area contributed by atoms with Crippen LogP contribution in [0.4, 0.5) is 0 Å². The zero-order valence-electron chi connectivity index (χ0n) is 28.3. The van der Waals surface area contributed by atoms with Crippen LogP contribution in [0.15, 0.2) is 146 Å². The molecule has 53 heavy (non-hydrogen) atoms. The third-order valence-corrected chi connectivity index (χ3v) is 13.2. The molecular weight excluding hydrogens is 897 g/mol. The molecule has 0 spiro atoms. The van der Waals surface area contributed by atoms with Crippen molar-refractivity contribution in [2.45, 2.75) is 6.92 Å². The van der Waals surface area contributed by atoms with Crippen molar-refractivity contribution in [2.24, 2.45) is 0 Å². The topological polar surface area (TPSA) is 39.9 Å². The van der Waals surface area contributed by atoms with Gasteiger partial charge < -0.3 is 0 Å². The first-order chi connectivity index (χ1) is 25.7. The van der Waals surface area contributed by atoms with Gasteiger partial charge in [-0.3, -0.25) is 0 Å². The van der Waals surface area contributed by atoms with Crippen LogP contribution in [0.25, 0.3) is 91.6 Å². The fourth-order valence-electron chi connectivity index (χ4n) is 7.97. The predicted molar refractivity (Wildman–Crippen MR) is 213 cm³/mol. The van der Waals surface area contributed by atoms with Gasteiger partial charge in [0.2, 0.25) is 0 Å². The van der Waals surface area contributed by atoms with E-state index in [2.05, 4.69) is 126 Å². The summed E-state index contributed by atoms with van der Waals surface area (Å²) in [5.41, 5.74) is 11.8. The van der Waals surface area contributed by atoms with E-state index in [0.29, 0.717) is 11.5 Å². The molecule has 1 aliphatic rings. The zero-order chi connectivity index (χ0) is 34.3. The number of pyridine rings is 2. The van der Waals surface area contributed by atoms with Crippen molar-refractivity contribution in [3.63, 3.8) is 0 Å². The van der Waals surface area contributed by atoms with E-state index in [-0.39, 0.29) is 35.6 Å². The van der Waals surface area contributed by atoms with E-state index in [1.807, 2.05) is 48.8 Å². The first-order valence-corrected chi connectivity index (χ1v) is 19.0. The van der Waals surface area contributed by atoms with Crippen LogP contribution in [0, 0.1) is 19.1 Å². The molecule has 0 unspecified atom stereocenters. The van der Waals surface area contributed by atoms with E-state index in [9.17, 15) is 0 Å². The molecule has 4 nitrogen and oxygen atoms in total. The number of hydrogen-bond donors (Lipinski definition) is 0. The van der Waals surface area contributed by atoms with Crippen molar-refractivity contribution in [2.75, 3.05) is 0 Å². The molecule has 0 saturated carbocycles. The fourth-order valence-corrected chi connectivity index (χ4v) is 10.7. The zero-order valence-corrected chi connectivity index (χ0v) is 32.3. The molecule has 11 rings (SSSR count). The SMILES string of the molecule is Cc1c(-c2ccc3c(c2)-c2cccc4cccc-3c24)[se]c2c(-c3[c-]c(Oc4[c-]c5c(cc4)c4ccccc4n5-c4ccccn4)ccc3)nccc12.[Pt+2]. The summed E-state index contributed by atoms with van der Waals surface area (Å²) in [5, 5.41) is 6.18. The van der Waals surface area contributed by atoms with Crippen molar-refractivity contribution in [1.29, 1.82) is 0 Å². The van der Waals surface area contributed by atoms with E-state index in [0.717, 1.165) is 38.9 Å². The van der Waals surface area contributed by atoms with Crippen LogP contribution in [0.5, 0.6) is 11.5 Å². The summed E-state index contributed by atoms with van der Waals surface area (Å²) in [6.07, 6.45) is 3.74. The molecule has 0 bridgehead atoms. The van der Waals surface area contributed by atoms with Crippen molar-refractivity contribution in [1.82, 2.24) is 14.5 Å². The van der Waals surface area contributed by atoms with E-state index in [4.69, 9.17) is 9.72 Å². The van der Waals surface area contributed by atoms with E-state index < -0.39 is 0 Å². The average molecular weight is 924 g/mol. The average Bonchev–Trinajstić information content (AvgIpc) is 3.83. The molecule has 6 heteroatoms. The Balaban J connectivity index is 0.00000349. The molecule has 1 aliphatic carbocycles. The van der Waals surface area contributed by atoms with Crippen LogP contribution in [-0.4, -0.2) is 29.0 Å². The number of aryl methyl sites for hydroxylation is 1. The largest absolute Gasteiger partial charge is 2.00 e. The molecule has 6 aromatic carbocycles. The van der Waals surface area contributed by atoms with Crippen molar-refractivity contribution in [3.05, 3.63) is 164 Å². The summed E-state index contributed by atoms with van der Waals surface area (Å²) in [5.74, 6) is 2.08. The molecule has 0 saturated heterocycles. The maximum atomic E-state index is 6.48. The van der Waals surface area contributed by atoms with Crippen LogP contribution in [0.1, 0.15) is 5.56 Å². The number of hydrogen-bond acceptors (Lipinski definition) is 3. The van der Waals surface area contributed by atoms with Crippen LogP contribution < -0.4 is 4.74 Å². The minimum absolute atomic E-state index is 0. The number of nitrogens with zero attached hydrogens (tertiary/aromatic N) is 3. The van der Waals surface area contributed by atoms with Gasteiger partial charge in [0, 0.05) is 6.20 Å². The third kappa shape index (κ3) is 5.00. The molecule has 0 N–H and O–H groups in total. The summed E-state index contributed by atoms with van der Waals surface area (Å²) in [7, 11) is 0. The smallest absolute Gasteiger partial charge is 2.00 e. The van der Waals surface area contributed by atoms with Gasteiger partial charge in [0.05, 0.1) is 0 Å². The Labute approximate surface area is 326 Å². The molecule has 10 aromatic rings. The Morgan fingerprint density at radius 1 is 0.623 bits per heavy atom. The van der Waals surface area contributed by atoms with Gasteiger partial charge in [-0.25, -0.2) is 0 Å². The van der Waals surface area contributed by atoms with Gasteiger partial charge in [0.1, 0.15) is 0 Å². The quantitative estimate of drug-likeness (QED) is 0.128. The summed E-state index contributed by atoms with van der Waals surface area (Å²) < 4.78 is 11.3. The van der Waals surface area contributed by atoms with Crippen LogP contribution in [0.2, 0.25) is 0 Å². The van der Waals surface area contributed by atoms with Gasteiger partial charge in [-0.1, -0.05) is 18.2 Å². The molecule has 0 radical (unpaired) electrons. The summed E-state index contributed by atoms with van der Waals surface area (Å²) in [6.45, 7) is 2.26. The minimum atomic E-state index is 0. The third-order valence-electron chi connectivity index (χ3n) is 10.3. The predicted octanol–water partition coefficient (Wildman–Crippen LogP) is 11.6. The number of ether oxygens (including phenoxy) is 1. The van der Waals surface area contributed by atoms with Crippen molar-refractivity contribution >= 4 is 56.7 Å². The Hall–Kier alpha value is -5.57. The second-order valence-corrected chi connectivity index (χ2v) is 15.4. The summed E-state index contributed by atoms with van der Waals surface area (Å²) in [6, 6.07) is 54.1. The Bertz CT molecular complexity index is 3070. The molecule has 0 atom stereocenters. The Morgan fingerprint density at radius 2 is 1.43 bits per heavy atom. The van der Waals surface area contributed by atoms with Crippen LogP contribution in [0.3, 0.4) is 0 Å². The number of para-hydroxylation sites is 1. The number of rotatable bonds is 5. The number of aromatic nitrogens is 3. The molecule has 4 aromatic heterocycles.